The molecule has 1 saturated carbocycles. The SMILES string of the molecule is CCOC(=O)C1CC1CN(Cc1ccccc1)C(=O)c1coc2ccccc2c1=O. The molecular weight excluding hydrogens is 382 g/mol. The Balaban J connectivity index is 1.60. The predicted molar refractivity (Wildman–Crippen MR) is 112 cm³/mol. The molecule has 0 saturated heterocycles. The summed E-state index contributed by atoms with van der Waals surface area (Å²) in [4.78, 5) is 39.9. The van der Waals surface area contributed by atoms with E-state index in [-0.39, 0.29) is 28.8 Å². The molecule has 6 heteroatoms. The number of hydrogen-bond donors (Lipinski definition) is 0. The van der Waals surface area contributed by atoms with Crippen LogP contribution in [0.1, 0.15) is 29.3 Å². The largest absolute Gasteiger partial charge is 0.466 e. The molecule has 1 heterocycles. The molecule has 30 heavy (non-hydrogen) atoms. The molecule has 2 unspecified atom stereocenters. The van der Waals surface area contributed by atoms with E-state index < -0.39 is 5.91 Å². The average Bonchev–Trinajstić information content (AvgIpc) is 3.54. The van der Waals surface area contributed by atoms with E-state index in [1.165, 1.54) is 6.26 Å². The van der Waals surface area contributed by atoms with Gasteiger partial charge in [0.25, 0.3) is 5.91 Å². The van der Waals surface area contributed by atoms with Crippen molar-refractivity contribution in [3.05, 3.63) is 82.2 Å². The number of esters is 1. The molecule has 0 radical (unpaired) electrons. The third-order valence-corrected chi connectivity index (χ3v) is 5.38. The van der Waals surface area contributed by atoms with Gasteiger partial charge in [0.2, 0.25) is 5.43 Å². The summed E-state index contributed by atoms with van der Waals surface area (Å²) in [6.45, 7) is 2.84. The molecule has 1 amide bonds. The Labute approximate surface area is 174 Å². The summed E-state index contributed by atoms with van der Waals surface area (Å²) >= 11 is 0. The number of ether oxygens (including phenoxy) is 1. The van der Waals surface area contributed by atoms with Crippen molar-refractivity contribution in [2.45, 2.75) is 19.9 Å². The van der Waals surface area contributed by atoms with E-state index in [0.29, 0.717) is 37.1 Å². The highest BCUT2D eigenvalue weighted by atomic mass is 16.5. The van der Waals surface area contributed by atoms with E-state index in [0.717, 1.165) is 5.56 Å². The van der Waals surface area contributed by atoms with Crippen molar-refractivity contribution in [2.75, 3.05) is 13.2 Å². The van der Waals surface area contributed by atoms with E-state index in [9.17, 15) is 14.4 Å². The van der Waals surface area contributed by atoms with E-state index in [1.807, 2.05) is 30.3 Å². The van der Waals surface area contributed by atoms with Gasteiger partial charge in [0.05, 0.1) is 17.9 Å². The molecule has 1 fully saturated rings. The second kappa shape index (κ2) is 8.53. The monoisotopic (exact) mass is 405 g/mol. The van der Waals surface area contributed by atoms with Gasteiger partial charge in [0, 0.05) is 13.1 Å². The Bertz CT molecular complexity index is 1120. The topological polar surface area (TPSA) is 76.8 Å². The average molecular weight is 405 g/mol. The van der Waals surface area contributed by atoms with Gasteiger partial charge in [0.15, 0.2) is 0 Å². The summed E-state index contributed by atoms with van der Waals surface area (Å²) in [7, 11) is 0. The first-order valence-corrected chi connectivity index (χ1v) is 10.1. The van der Waals surface area contributed by atoms with Gasteiger partial charge >= 0.3 is 5.97 Å². The van der Waals surface area contributed by atoms with Crippen LogP contribution < -0.4 is 5.43 Å². The van der Waals surface area contributed by atoms with Crippen LogP contribution >= 0.6 is 0 Å². The number of rotatable bonds is 7. The van der Waals surface area contributed by atoms with Crippen molar-refractivity contribution in [3.8, 4) is 0 Å². The summed E-state index contributed by atoms with van der Waals surface area (Å²) in [6, 6.07) is 16.4. The highest BCUT2D eigenvalue weighted by Gasteiger charge is 2.45. The fourth-order valence-electron chi connectivity index (χ4n) is 3.69. The summed E-state index contributed by atoms with van der Waals surface area (Å²) in [5.74, 6) is -0.777. The normalized spacial score (nSPS) is 17.5. The summed E-state index contributed by atoms with van der Waals surface area (Å²) < 4.78 is 10.6. The number of carbonyl (C=O) groups is 2. The van der Waals surface area contributed by atoms with Crippen LogP contribution in [0.5, 0.6) is 0 Å². The van der Waals surface area contributed by atoms with Crippen molar-refractivity contribution >= 4 is 22.8 Å². The Morgan fingerprint density at radius 2 is 1.83 bits per heavy atom. The van der Waals surface area contributed by atoms with E-state index in [2.05, 4.69) is 0 Å². The Hall–Kier alpha value is -3.41. The van der Waals surface area contributed by atoms with E-state index in [1.54, 1.807) is 36.1 Å². The molecular formula is C24H23NO5. The molecule has 6 nitrogen and oxygen atoms in total. The Morgan fingerprint density at radius 1 is 1.10 bits per heavy atom. The lowest BCUT2D eigenvalue weighted by molar-refractivity contribution is -0.145. The lowest BCUT2D eigenvalue weighted by atomic mass is 10.1. The highest BCUT2D eigenvalue weighted by molar-refractivity contribution is 5.96. The van der Waals surface area contributed by atoms with Crippen molar-refractivity contribution in [1.29, 1.82) is 0 Å². The Morgan fingerprint density at radius 3 is 2.60 bits per heavy atom. The van der Waals surface area contributed by atoms with Crippen LogP contribution in [0.25, 0.3) is 11.0 Å². The molecule has 2 aromatic carbocycles. The van der Waals surface area contributed by atoms with Gasteiger partial charge in [-0.1, -0.05) is 42.5 Å². The van der Waals surface area contributed by atoms with Crippen LogP contribution in [0.4, 0.5) is 0 Å². The second-order valence-corrected chi connectivity index (χ2v) is 7.50. The standard InChI is InChI=1S/C24H23NO5/c1-2-29-24(28)19-12-17(19)14-25(13-16-8-4-3-5-9-16)23(27)20-15-30-21-11-7-6-10-18(21)22(20)26/h3-11,15,17,19H,2,12-14H2,1H3. The number of amides is 1. The first-order valence-electron chi connectivity index (χ1n) is 10.1. The molecule has 0 spiro atoms. The number of para-hydroxylation sites is 1. The number of hydrogen-bond acceptors (Lipinski definition) is 5. The molecule has 0 bridgehead atoms. The van der Waals surface area contributed by atoms with E-state index in [4.69, 9.17) is 9.15 Å². The van der Waals surface area contributed by atoms with Crippen molar-refractivity contribution < 1.29 is 18.7 Å². The molecule has 2 atom stereocenters. The highest BCUT2D eigenvalue weighted by Crippen LogP contribution is 2.40. The smallest absolute Gasteiger partial charge is 0.309 e. The van der Waals surface area contributed by atoms with Gasteiger partial charge in [-0.3, -0.25) is 14.4 Å². The fraction of sp³-hybridized carbons (Fsp3) is 0.292. The maximum atomic E-state index is 13.3. The molecule has 4 rings (SSSR count). The first kappa shape index (κ1) is 19.9. The minimum atomic E-state index is -0.395. The van der Waals surface area contributed by atoms with Crippen LogP contribution in [0.2, 0.25) is 0 Å². The van der Waals surface area contributed by atoms with Gasteiger partial charge in [0.1, 0.15) is 17.4 Å². The van der Waals surface area contributed by atoms with Gasteiger partial charge in [-0.25, -0.2) is 0 Å². The third kappa shape index (κ3) is 4.13. The fourth-order valence-corrected chi connectivity index (χ4v) is 3.69. The second-order valence-electron chi connectivity index (χ2n) is 7.50. The van der Waals surface area contributed by atoms with Crippen LogP contribution in [-0.4, -0.2) is 29.9 Å². The van der Waals surface area contributed by atoms with Crippen molar-refractivity contribution in [3.63, 3.8) is 0 Å². The van der Waals surface area contributed by atoms with Gasteiger partial charge in [-0.2, -0.15) is 0 Å². The molecule has 1 aromatic heterocycles. The maximum absolute atomic E-state index is 13.3. The minimum absolute atomic E-state index is 0.00188. The molecule has 1 aliphatic carbocycles. The predicted octanol–water partition coefficient (Wildman–Crippen LogP) is 3.63. The van der Waals surface area contributed by atoms with Crippen LogP contribution in [0.15, 0.2) is 70.1 Å². The van der Waals surface area contributed by atoms with Gasteiger partial charge in [-0.15, -0.1) is 0 Å². The summed E-state index contributed by atoms with van der Waals surface area (Å²) in [6.07, 6.45) is 1.92. The minimum Gasteiger partial charge on any atom is -0.466 e. The van der Waals surface area contributed by atoms with Gasteiger partial charge < -0.3 is 14.1 Å². The zero-order chi connectivity index (χ0) is 21.1. The summed E-state index contributed by atoms with van der Waals surface area (Å²) in [5.41, 5.74) is 1.04. The molecule has 0 aliphatic heterocycles. The first-order chi connectivity index (χ1) is 14.6. The maximum Gasteiger partial charge on any atom is 0.309 e. The number of carbonyl (C=O) groups excluding carboxylic acids is 2. The van der Waals surface area contributed by atoms with Crippen LogP contribution in [0.3, 0.4) is 0 Å². The third-order valence-electron chi connectivity index (χ3n) is 5.38. The molecule has 0 N–H and O–H groups in total. The lowest BCUT2D eigenvalue weighted by Crippen LogP contribution is -2.35. The van der Waals surface area contributed by atoms with E-state index >= 15 is 0 Å². The van der Waals surface area contributed by atoms with Crippen LogP contribution in [-0.2, 0) is 16.1 Å². The number of nitrogens with zero attached hydrogens (tertiary/aromatic N) is 1. The Kier molecular flexibility index (Phi) is 5.65. The zero-order valence-corrected chi connectivity index (χ0v) is 16.7. The van der Waals surface area contributed by atoms with Crippen LogP contribution in [0, 0.1) is 11.8 Å². The summed E-state index contributed by atoms with van der Waals surface area (Å²) in [5, 5.41) is 0.374. The number of fused-ring (bicyclic) bond motifs is 1. The quantitative estimate of drug-likeness (QED) is 0.561. The van der Waals surface area contributed by atoms with Crippen molar-refractivity contribution in [2.24, 2.45) is 11.8 Å². The lowest BCUT2D eigenvalue weighted by Gasteiger charge is -2.23. The van der Waals surface area contributed by atoms with Crippen molar-refractivity contribution in [1.82, 2.24) is 4.90 Å². The molecule has 3 aromatic rings. The molecule has 1 aliphatic rings. The van der Waals surface area contributed by atoms with Gasteiger partial charge in [-0.05, 0) is 37.0 Å². The molecule has 154 valence electrons. The number of benzene rings is 2. The zero-order valence-electron chi connectivity index (χ0n) is 16.7.